The molecule has 6 heteroatoms. The number of rotatable bonds is 3. The first-order valence-corrected chi connectivity index (χ1v) is 6.57. The molecule has 0 aliphatic carbocycles. The highest BCUT2D eigenvalue weighted by molar-refractivity contribution is 5.75. The average molecular weight is 273 g/mol. The molecule has 0 spiro atoms. The third-order valence-corrected chi connectivity index (χ3v) is 2.65. The van der Waals surface area contributed by atoms with Crippen molar-refractivity contribution in [2.24, 2.45) is 5.92 Å². The lowest BCUT2D eigenvalue weighted by Crippen LogP contribution is -2.50. The highest BCUT2D eigenvalue weighted by Crippen LogP contribution is 2.18. The largest absolute Gasteiger partial charge is 0.466 e. The highest BCUT2D eigenvalue weighted by atomic mass is 16.6. The van der Waals surface area contributed by atoms with Crippen molar-refractivity contribution in [1.82, 2.24) is 5.32 Å². The molecular weight excluding hydrogens is 250 g/mol. The number of hydrogen-bond donors (Lipinski definition) is 1. The van der Waals surface area contributed by atoms with E-state index in [1.54, 1.807) is 27.7 Å². The molecule has 1 rings (SSSR count). The van der Waals surface area contributed by atoms with Crippen LogP contribution in [0.25, 0.3) is 0 Å². The number of amides is 1. The topological polar surface area (TPSA) is 73.9 Å². The lowest BCUT2D eigenvalue weighted by molar-refractivity contribution is -0.152. The first-order valence-electron chi connectivity index (χ1n) is 6.57. The molecule has 0 saturated carbocycles. The SMILES string of the molecule is CCOC(=O)[C@H]1CCOC[C@@H]1NC(=O)OC(C)(C)C. The highest BCUT2D eigenvalue weighted by Gasteiger charge is 2.34. The normalized spacial score (nSPS) is 23.6. The summed E-state index contributed by atoms with van der Waals surface area (Å²) in [7, 11) is 0. The van der Waals surface area contributed by atoms with Gasteiger partial charge >= 0.3 is 12.1 Å². The monoisotopic (exact) mass is 273 g/mol. The Morgan fingerprint density at radius 3 is 2.63 bits per heavy atom. The van der Waals surface area contributed by atoms with Gasteiger partial charge < -0.3 is 19.5 Å². The van der Waals surface area contributed by atoms with Gasteiger partial charge in [0.05, 0.1) is 25.2 Å². The summed E-state index contributed by atoms with van der Waals surface area (Å²) < 4.78 is 15.5. The Kier molecular flexibility index (Phi) is 5.60. The van der Waals surface area contributed by atoms with Crippen molar-refractivity contribution in [3.8, 4) is 0 Å². The number of carbonyl (C=O) groups is 2. The number of ether oxygens (including phenoxy) is 3. The van der Waals surface area contributed by atoms with Crippen molar-refractivity contribution in [2.45, 2.75) is 45.8 Å². The maximum Gasteiger partial charge on any atom is 0.407 e. The van der Waals surface area contributed by atoms with Gasteiger partial charge in [0.25, 0.3) is 0 Å². The standard InChI is InChI=1S/C13H23NO5/c1-5-18-11(15)9-6-7-17-8-10(9)14-12(16)19-13(2,3)4/h9-10H,5-8H2,1-4H3,(H,14,16)/t9-,10-/m0/s1. The minimum atomic E-state index is -0.570. The smallest absolute Gasteiger partial charge is 0.407 e. The molecule has 0 aromatic carbocycles. The Morgan fingerprint density at radius 2 is 2.05 bits per heavy atom. The van der Waals surface area contributed by atoms with Crippen molar-refractivity contribution < 1.29 is 23.8 Å². The molecule has 1 saturated heterocycles. The van der Waals surface area contributed by atoms with E-state index in [4.69, 9.17) is 14.2 Å². The molecule has 0 unspecified atom stereocenters. The zero-order valence-electron chi connectivity index (χ0n) is 12.0. The zero-order valence-corrected chi connectivity index (χ0v) is 12.0. The Balaban J connectivity index is 2.57. The van der Waals surface area contributed by atoms with Crippen LogP contribution in [0, 0.1) is 5.92 Å². The van der Waals surface area contributed by atoms with Crippen LogP contribution < -0.4 is 5.32 Å². The summed E-state index contributed by atoms with van der Waals surface area (Å²) in [5.41, 5.74) is -0.570. The van der Waals surface area contributed by atoms with E-state index in [1.165, 1.54) is 0 Å². The number of nitrogens with one attached hydrogen (secondary N) is 1. The van der Waals surface area contributed by atoms with Gasteiger partial charge in [-0.15, -0.1) is 0 Å². The van der Waals surface area contributed by atoms with Gasteiger partial charge in [-0.2, -0.15) is 0 Å². The van der Waals surface area contributed by atoms with Gasteiger partial charge in [0.15, 0.2) is 0 Å². The summed E-state index contributed by atoms with van der Waals surface area (Å²) in [5.74, 6) is -0.673. The molecule has 6 nitrogen and oxygen atoms in total. The molecular formula is C13H23NO5. The van der Waals surface area contributed by atoms with Crippen LogP contribution in [0.4, 0.5) is 4.79 Å². The maximum atomic E-state index is 11.8. The van der Waals surface area contributed by atoms with Crippen LogP contribution in [-0.2, 0) is 19.0 Å². The van der Waals surface area contributed by atoms with Crippen LogP contribution in [0.1, 0.15) is 34.1 Å². The van der Waals surface area contributed by atoms with E-state index in [-0.39, 0.29) is 11.9 Å². The predicted molar refractivity (Wildman–Crippen MR) is 68.7 cm³/mol. The molecule has 1 aliphatic heterocycles. The average Bonchev–Trinajstić information content (AvgIpc) is 2.27. The van der Waals surface area contributed by atoms with Crippen molar-refractivity contribution in [1.29, 1.82) is 0 Å². The number of hydrogen-bond acceptors (Lipinski definition) is 5. The molecule has 0 bridgehead atoms. The van der Waals surface area contributed by atoms with Gasteiger partial charge in [-0.1, -0.05) is 0 Å². The van der Waals surface area contributed by atoms with E-state index in [0.717, 1.165) is 0 Å². The summed E-state index contributed by atoms with van der Waals surface area (Å²) in [6, 6.07) is -0.400. The lowest BCUT2D eigenvalue weighted by Gasteiger charge is -2.31. The summed E-state index contributed by atoms with van der Waals surface area (Å²) >= 11 is 0. The second-order valence-electron chi connectivity index (χ2n) is 5.47. The van der Waals surface area contributed by atoms with Gasteiger partial charge in [-0.25, -0.2) is 4.79 Å². The maximum absolute atomic E-state index is 11.8. The van der Waals surface area contributed by atoms with Gasteiger partial charge in [0.1, 0.15) is 5.60 Å². The molecule has 1 amide bonds. The Bertz CT molecular complexity index is 323. The summed E-state index contributed by atoms with van der Waals surface area (Å²) in [4.78, 5) is 23.5. The van der Waals surface area contributed by atoms with E-state index in [1.807, 2.05) is 0 Å². The van der Waals surface area contributed by atoms with E-state index in [2.05, 4.69) is 5.32 Å². The van der Waals surface area contributed by atoms with Gasteiger partial charge in [-0.3, -0.25) is 4.79 Å². The first kappa shape index (κ1) is 15.8. The van der Waals surface area contributed by atoms with Crippen LogP contribution >= 0.6 is 0 Å². The molecule has 19 heavy (non-hydrogen) atoms. The molecule has 1 fully saturated rings. The van der Waals surface area contributed by atoms with Gasteiger partial charge in [0.2, 0.25) is 0 Å². The predicted octanol–water partition coefficient (Wildman–Crippen LogP) is 1.48. The molecule has 1 heterocycles. The molecule has 0 aromatic heterocycles. The molecule has 0 aromatic rings. The Hall–Kier alpha value is -1.30. The molecule has 2 atom stereocenters. The van der Waals surface area contributed by atoms with Crippen molar-refractivity contribution in [2.75, 3.05) is 19.8 Å². The Morgan fingerprint density at radius 1 is 1.37 bits per heavy atom. The Labute approximate surface area is 113 Å². The van der Waals surface area contributed by atoms with Crippen LogP contribution in [0.3, 0.4) is 0 Å². The van der Waals surface area contributed by atoms with Crippen LogP contribution in [-0.4, -0.2) is 43.5 Å². The third-order valence-electron chi connectivity index (χ3n) is 2.65. The first-order chi connectivity index (χ1) is 8.83. The van der Waals surface area contributed by atoms with Crippen molar-refractivity contribution >= 4 is 12.1 Å². The third kappa shape index (κ3) is 5.46. The summed E-state index contributed by atoms with van der Waals surface area (Å²) in [5, 5.41) is 2.68. The minimum Gasteiger partial charge on any atom is -0.466 e. The summed E-state index contributed by atoms with van der Waals surface area (Å²) in [6.07, 6.45) is -0.00320. The van der Waals surface area contributed by atoms with Crippen LogP contribution in [0.15, 0.2) is 0 Å². The molecule has 0 radical (unpaired) electrons. The van der Waals surface area contributed by atoms with Crippen LogP contribution in [0.5, 0.6) is 0 Å². The van der Waals surface area contributed by atoms with Crippen molar-refractivity contribution in [3.05, 3.63) is 0 Å². The second-order valence-corrected chi connectivity index (χ2v) is 5.47. The second kappa shape index (κ2) is 6.75. The molecule has 1 N–H and O–H groups in total. The van der Waals surface area contributed by atoms with Crippen molar-refractivity contribution in [3.63, 3.8) is 0 Å². The zero-order chi connectivity index (χ0) is 14.5. The number of esters is 1. The van der Waals surface area contributed by atoms with E-state index < -0.39 is 17.7 Å². The number of alkyl carbamates (subject to hydrolysis) is 1. The molecule has 1 aliphatic rings. The van der Waals surface area contributed by atoms with E-state index in [9.17, 15) is 9.59 Å². The van der Waals surface area contributed by atoms with Gasteiger partial charge in [-0.05, 0) is 34.1 Å². The quantitative estimate of drug-likeness (QED) is 0.788. The fourth-order valence-corrected chi connectivity index (χ4v) is 1.87. The fraction of sp³-hybridized carbons (Fsp3) is 0.846. The van der Waals surface area contributed by atoms with Crippen LogP contribution in [0.2, 0.25) is 0 Å². The van der Waals surface area contributed by atoms with Gasteiger partial charge in [0, 0.05) is 6.61 Å². The van der Waals surface area contributed by atoms with E-state index in [0.29, 0.717) is 26.2 Å². The fourth-order valence-electron chi connectivity index (χ4n) is 1.87. The lowest BCUT2D eigenvalue weighted by atomic mass is 9.95. The number of carbonyl (C=O) groups excluding carboxylic acids is 2. The summed E-state index contributed by atoms with van der Waals surface area (Å²) in [6.45, 7) is 8.23. The molecule has 110 valence electrons. The minimum absolute atomic E-state index is 0.294. The van der Waals surface area contributed by atoms with E-state index >= 15 is 0 Å².